The van der Waals surface area contributed by atoms with Gasteiger partial charge in [0.1, 0.15) is 0 Å². The molecule has 0 spiro atoms. The van der Waals surface area contributed by atoms with Crippen LogP contribution in [0, 0.1) is 6.92 Å². The second-order valence-corrected chi connectivity index (χ2v) is 4.76. The molecule has 0 amide bonds. The van der Waals surface area contributed by atoms with Gasteiger partial charge in [-0.1, -0.05) is 0 Å². The molecule has 6 heteroatoms. The average Bonchev–Trinajstić information content (AvgIpc) is 2.43. The summed E-state index contributed by atoms with van der Waals surface area (Å²) in [5.41, 5.74) is 7.85. The lowest BCUT2D eigenvalue weighted by Crippen LogP contribution is -2.35. The van der Waals surface area contributed by atoms with E-state index in [0.717, 1.165) is 16.7 Å². The van der Waals surface area contributed by atoms with Crippen molar-refractivity contribution in [2.24, 2.45) is 12.8 Å². The third-order valence-electron chi connectivity index (χ3n) is 2.75. The summed E-state index contributed by atoms with van der Waals surface area (Å²) in [6.07, 6.45) is 0. The minimum atomic E-state index is 0. The van der Waals surface area contributed by atoms with E-state index < -0.39 is 0 Å². The predicted molar refractivity (Wildman–Crippen MR) is 72.9 cm³/mol. The first kappa shape index (κ1) is 15.9. The Kier molecular flexibility index (Phi) is 6.55. The maximum atomic E-state index is 5.63. The Morgan fingerprint density at radius 3 is 2.50 bits per heavy atom. The fourth-order valence-electron chi connectivity index (χ4n) is 1.42. The van der Waals surface area contributed by atoms with E-state index in [1.807, 2.05) is 18.7 Å². The van der Waals surface area contributed by atoms with Gasteiger partial charge in [0, 0.05) is 26.2 Å². The van der Waals surface area contributed by atoms with Gasteiger partial charge >= 0.3 is 0 Å². The first-order valence-electron chi connectivity index (χ1n) is 5.05. The number of hydrogen-bond acceptors (Lipinski definition) is 3. The van der Waals surface area contributed by atoms with Crippen molar-refractivity contribution in [2.75, 3.05) is 13.6 Å². The van der Waals surface area contributed by atoms with E-state index in [1.165, 1.54) is 5.69 Å². The zero-order valence-electron chi connectivity index (χ0n) is 10.2. The Morgan fingerprint density at radius 2 is 2.12 bits per heavy atom. The minimum Gasteiger partial charge on any atom is -0.329 e. The highest BCUT2D eigenvalue weighted by Crippen LogP contribution is 2.21. The minimum absolute atomic E-state index is 0. The Balaban J connectivity index is 0.00000225. The van der Waals surface area contributed by atoms with Gasteiger partial charge in [-0.2, -0.15) is 5.10 Å². The third kappa shape index (κ3) is 3.45. The molecule has 0 aromatic carbocycles. The third-order valence-corrected chi connectivity index (χ3v) is 3.79. The summed E-state index contributed by atoms with van der Waals surface area (Å²) in [5, 5.41) is 4.36. The molecule has 94 valence electrons. The van der Waals surface area contributed by atoms with Gasteiger partial charge in [0.25, 0.3) is 0 Å². The fraction of sp³-hybridized carbons (Fsp3) is 0.700. The Bertz CT molecular complexity index is 340. The molecule has 0 aliphatic rings. The Morgan fingerprint density at radius 1 is 1.56 bits per heavy atom. The van der Waals surface area contributed by atoms with Crippen molar-refractivity contribution in [3.63, 3.8) is 0 Å². The van der Waals surface area contributed by atoms with Crippen LogP contribution < -0.4 is 5.73 Å². The maximum Gasteiger partial charge on any atom is 0.0739 e. The first-order valence-corrected chi connectivity index (χ1v) is 5.85. The second-order valence-electron chi connectivity index (χ2n) is 3.97. The molecule has 0 saturated heterocycles. The zero-order valence-corrected chi connectivity index (χ0v) is 12.6. The van der Waals surface area contributed by atoms with Crippen LogP contribution in [0.15, 0.2) is 4.47 Å². The molecule has 0 fully saturated rings. The predicted octanol–water partition coefficient (Wildman–Crippen LogP) is 1.69. The number of nitrogens with zero attached hydrogens (tertiary/aromatic N) is 3. The monoisotopic (exact) mass is 310 g/mol. The molecule has 0 bridgehead atoms. The van der Waals surface area contributed by atoms with Crippen LogP contribution in [0.2, 0.25) is 0 Å². The molecule has 1 atom stereocenters. The van der Waals surface area contributed by atoms with Crippen molar-refractivity contribution in [2.45, 2.75) is 26.4 Å². The number of aromatic nitrogens is 2. The summed E-state index contributed by atoms with van der Waals surface area (Å²) in [7, 11) is 4.04. The van der Waals surface area contributed by atoms with E-state index in [2.05, 4.69) is 39.9 Å². The van der Waals surface area contributed by atoms with Crippen molar-refractivity contribution in [3.8, 4) is 0 Å². The van der Waals surface area contributed by atoms with Crippen LogP contribution in [0.1, 0.15) is 18.3 Å². The van der Waals surface area contributed by atoms with Crippen LogP contribution >= 0.6 is 28.3 Å². The molecule has 0 saturated carbocycles. The summed E-state index contributed by atoms with van der Waals surface area (Å²) < 4.78 is 3.01. The normalized spacial score (nSPS) is 12.7. The Hall–Kier alpha value is -0.100. The molecular weight excluding hydrogens is 291 g/mol. The van der Waals surface area contributed by atoms with E-state index in [0.29, 0.717) is 12.6 Å². The van der Waals surface area contributed by atoms with Crippen LogP contribution in [0.3, 0.4) is 0 Å². The summed E-state index contributed by atoms with van der Waals surface area (Å²) in [6.45, 7) is 5.65. The largest absolute Gasteiger partial charge is 0.329 e. The molecule has 0 aliphatic heterocycles. The first-order chi connectivity index (χ1) is 6.97. The lowest BCUT2D eigenvalue weighted by molar-refractivity contribution is 0.248. The highest BCUT2D eigenvalue weighted by molar-refractivity contribution is 9.10. The van der Waals surface area contributed by atoms with Crippen LogP contribution in [0.5, 0.6) is 0 Å². The number of halogens is 2. The molecule has 0 radical (unpaired) electrons. The van der Waals surface area contributed by atoms with Gasteiger partial charge in [0.05, 0.1) is 15.9 Å². The number of aryl methyl sites for hydroxylation is 2. The van der Waals surface area contributed by atoms with Gasteiger partial charge in [0.15, 0.2) is 0 Å². The summed E-state index contributed by atoms with van der Waals surface area (Å²) in [5.74, 6) is 0. The standard InChI is InChI=1S/C10H19BrN4.ClH/c1-7(5-12)14(3)6-9-10(11)8(2)13-15(9)4;/h7H,5-6,12H2,1-4H3;1H. The topological polar surface area (TPSA) is 47.1 Å². The molecular formula is C10H20BrClN4. The average molecular weight is 312 g/mol. The smallest absolute Gasteiger partial charge is 0.0739 e. The van der Waals surface area contributed by atoms with Crippen molar-refractivity contribution in [3.05, 3.63) is 15.9 Å². The molecule has 1 aromatic heterocycles. The zero-order chi connectivity index (χ0) is 11.6. The lowest BCUT2D eigenvalue weighted by Gasteiger charge is -2.23. The number of rotatable bonds is 4. The molecule has 1 aromatic rings. The van der Waals surface area contributed by atoms with Crippen LogP contribution in [0.4, 0.5) is 0 Å². The molecule has 1 heterocycles. The number of hydrogen-bond donors (Lipinski definition) is 1. The highest BCUT2D eigenvalue weighted by atomic mass is 79.9. The van der Waals surface area contributed by atoms with Crippen LogP contribution in [0.25, 0.3) is 0 Å². The summed E-state index contributed by atoms with van der Waals surface area (Å²) in [4.78, 5) is 2.22. The van der Waals surface area contributed by atoms with Crippen molar-refractivity contribution < 1.29 is 0 Å². The molecule has 2 N–H and O–H groups in total. The van der Waals surface area contributed by atoms with Gasteiger partial charge in [-0.25, -0.2) is 0 Å². The highest BCUT2D eigenvalue weighted by Gasteiger charge is 2.14. The van der Waals surface area contributed by atoms with Gasteiger partial charge in [-0.05, 0) is 36.8 Å². The molecule has 4 nitrogen and oxygen atoms in total. The molecule has 0 aliphatic carbocycles. The fourth-order valence-corrected chi connectivity index (χ4v) is 1.89. The van der Waals surface area contributed by atoms with Crippen LogP contribution in [-0.4, -0.2) is 34.3 Å². The van der Waals surface area contributed by atoms with E-state index in [1.54, 1.807) is 0 Å². The van der Waals surface area contributed by atoms with Gasteiger partial charge in [0.2, 0.25) is 0 Å². The molecule has 1 unspecified atom stereocenters. The lowest BCUT2D eigenvalue weighted by atomic mass is 10.2. The van der Waals surface area contributed by atoms with E-state index in [4.69, 9.17) is 5.73 Å². The van der Waals surface area contributed by atoms with Crippen LogP contribution in [-0.2, 0) is 13.6 Å². The Labute approximate surface area is 112 Å². The maximum absolute atomic E-state index is 5.63. The number of likely N-dealkylation sites (N-methyl/N-ethyl adjacent to an activating group) is 1. The summed E-state index contributed by atoms with van der Waals surface area (Å²) in [6, 6.07) is 0.382. The van der Waals surface area contributed by atoms with E-state index in [-0.39, 0.29) is 12.4 Å². The van der Waals surface area contributed by atoms with E-state index >= 15 is 0 Å². The van der Waals surface area contributed by atoms with Crippen molar-refractivity contribution >= 4 is 28.3 Å². The van der Waals surface area contributed by atoms with E-state index in [9.17, 15) is 0 Å². The number of nitrogens with two attached hydrogens (primary N) is 1. The van der Waals surface area contributed by atoms with Gasteiger partial charge in [-0.15, -0.1) is 12.4 Å². The molecule has 1 rings (SSSR count). The van der Waals surface area contributed by atoms with Gasteiger partial charge < -0.3 is 5.73 Å². The quantitative estimate of drug-likeness (QED) is 0.920. The van der Waals surface area contributed by atoms with Crippen molar-refractivity contribution in [1.82, 2.24) is 14.7 Å². The summed E-state index contributed by atoms with van der Waals surface area (Å²) >= 11 is 3.56. The van der Waals surface area contributed by atoms with Gasteiger partial charge in [-0.3, -0.25) is 9.58 Å². The van der Waals surface area contributed by atoms with Crippen molar-refractivity contribution in [1.29, 1.82) is 0 Å². The second kappa shape index (κ2) is 6.59. The SMILES string of the molecule is Cc1nn(C)c(CN(C)C(C)CN)c1Br.Cl. The molecule has 16 heavy (non-hydrogen) atoms.